The highest BCUT2D eigenvalue weighted by atomic mass is 32.2. The molecule has 0 amide bonds. The van der Waals surface area contributed by atoms with Gasteiger partial charge in [-0.05, 0) is 24.3 Å². The molecule has 0 radical (unpaired) electrons. The van der Waals surface area contributed by atoms with Crippen LogP contribution in [0.3, 0.4) is 0 Å². The molecule has 0 aliphatic carbocycles. The lowest BCUT2D eigenvalue weighted by Crippen LogP contribution is -1.97. The molecule has 0 unspecified atom stereocenters. The number of thioether (sulfide) groups is 1. The average molecular weight is 340 g/mol. The van der Waals surface area contributed by atoms with E-state index >= 15 is 0 Å². The average Bonchev–Trinajstić information content (AvgIpc) is 3.31. The van der Waals surface area contributed by atoms with Crippen LogP contribution in [-0.4, -0.2) is 37.0 Å². The Kier molecular flexibility index (Phi) is 3.58. The number of carbonyl (C=O) groups is 1. The monoisotopic (exact) mass is 340 g/mol. The Morgan fingerprint density at radius 3 is 2.96 bits per heavy atom. The number of aliphatic carboxylic acids is 1. The molecule has 4 aromatic rings. The summed E-state index contributed by atoms with van der Waals surface area (Å²) in [6.07, 6.45) is 1.89. The van der Waals surface area contributed by atoms with Crippen LogP contribution in [0, 0.1) is 0 Å². The number of carboxylic acids is 1. The summed E-state index contributed by atoms with van der Waals surface area (Å²) >= 11 is 1.05. The van der Waals surface area contributed by atoms with E-state index in [9.17, 15) is 4.79 Å². The molecule has 0 atom stereocenters. The third-order valence-electron chi connectivity index (χ3n) is 3.49. The van der Waals surface area contributed by atoms with Gasteiger partial charge in [-0.2, -0.15) is 4.98 Å². The second kappa shape index (κ2) is 5.89. The molecular formula is C16H12N4O3S. The molecule has 3 N–H and O–H groups in total. The van der Waals surface area contributed by atoms with E-state index in [0.29, 0.717) is 16.7 Å². The van der Waals surface area contributed by atoms with Gasteiger partial charge in [0.2, 0.25) is 5.16 Å². The highest BCUT2D eigenvalue weighted by Gasteiger charge is 2.14. The Labute approximate surface area is 140 Å². The number of nitrogens with one attached hydrogen (secondary N) is 2. The van der Waals surface area contributed by atoms with Crippen LogP contribution in [0.25, 0.3) is 33.8 Å². The zero-order chi connectivity index (χ0) is 16.5. The van der Waals surface area contributed by atoms with Crippen molar-refractivity contribution in [2.45, 2.75) is 5.16 Å². The van der Waals surface area contributed by atoms with Gasteiger partial charge in [-0.1, -0.05) is 23.9 Å². The fourth-order valence-electron chi connectivity index (χ4n) is 2.46. The van der Waals surface area contributed by atoms with Gasteiger partial charge >= 0.3 is 5.97 Å². The molecule has 4 rings (SSSR count). The molecule has 0 spiro atoms. The number of aromatic amines is 2. The van der Waals surface area contributed by atoms with Gasteiger partial charge in [0.25, 0.3) is 0 Å². The van der Waals surface area contributed by atoms with Crippen LogP contribution in [0.5, 0.6) is 0 Å². The molecule has 120 valence electrons. The van der Waals surface area contributed by atoms with E-state index in [-0.39, 0.29) is 5.75 Å². The largest absolute Gasteiger partial charge is 0.481 e. The lowest BCUT2D eigenvalue weighted by atomic mass is 10.1. The minimum atomic E-state index is -0.911. The first-order valence-electron chi connectivity index (χ1n) is 7.14. The van der Waals surface area contributed by atoms with Crippen molar-refractivity contribution in [3.05, 3.63) is 42.6 Å². The fraction of sp³-hybridized carbons (Fsp3) is 0.0625. The van der Waals surface area contributed by atoms with E-state index in [1.54, 1.807) is 0 Å². The number of benzene rings is 1. The molecule has 24 heavy (non-hydrogen) atoms. The lowest BCUT2D eigenvalue weighted by Gasteiger charge is -1.99. The van der Waals surface area contributed by atoms with Gasteiger partial charge in [-0.15, -0.1) is 5.10 Å². The van der Waals surface area contributed by atoms with E-state index in [1.807, 2.05) is 42.6 Å². The molecule has 7 nitrogen and oxygen atoms in total. The van der Waals surface area contributed by atoms with Crippen molar-refractivity contribution in [3.63, 3.8) is 0 Å². The number of nitrogens with zero attached hydrogens (tertiary/aromatic N) is 2. The maximum absolute atomic E-state index is 10.6. The van der Waals surface area contributed by atoms with Crippen molar-refractivity contribution in [2.24, 2.45) is 0 Å². The van der Waals surface area contributed by atoms with Crippen LogP contribution >= 0.6 is 11.8 Å². The maximum atomic E-state index is 10.6. The zero-order valence-electron chi connectivity index (χ0n) is 12.3. The van der Waals surface area contributed by atoms with Crippen LogP contribution < -0.4 is 0 Å². The molecular weight excluding hydrogens is 328 g/mol. The molecule has 8 heteroatoms. The minimum Gasteiger partial charge on any atom is -0.481 e. The van der Waals surface area contributed by atoms with Gasteiger partial charge in [0, 0.05) is 22.7 Å². The Morgan fingerprint density at radius 1 is 1.21 bits per heavy atom. The number of H-pyrrole nitrogens is 2. The Hall–Kier alpha value is -3.00. The molecule has 1 aromatic carbocycles. The second-order valence-electron chi connectivity index (χ2n) is 5.06. The molecule has 3 heterocycles. The van der Waals surface area contributed by atoms with Crippen LogP contribution in [0.15, 0.2) is 52.2 Å². The van der Waals surface area contributed by atoms with E-state index < -0.39 is 5.97 Å². The first-order valence-corrected chi connectivity index (χ1v) is 8.13. The fourth-order valence-corrected chi connectivity index (χ4v) is 2.98. The van der Waals surface area contributed by atoms with Crippen LogP contribution in [0.2, 0.25) is 0 Å². The number of rotatable bonds is 5. The van der Waals surface area contributed by atoms with Crippen LogP contribution in [0.1, 0.15) is 0 Å². The molecule has 0 bridgehead atoms. The Balaban J connectivity index is 1.63. The normalized spacial score (nSPS) is 11.2. The third kappa shape index (κ3) is 2.67. The first kappa shape index (κ1) is 14.6. The lowest BCUT2D eigenvalue weighted by molar-refractivity contribution is -0.133. The number of fused-ring (bicyclic) bond motifs is 1. The molecule has 0 aliphatic heterocycles. The third-order valence-corrected chi connectivity index (χ3v) is 4.32. The van der Waals surface area contributed by atoms with Gasteiger partial charge in [0.1, 0.15) is 5.76 Å². The summed E-state index contributed by atoms with van der Waals surface area (Å²) in [7, 11) is 0. The highest BCUT2D eigenvalue weighted by Crippen LogP contribution is 2.32. The summed E-state index contributed by atoms with van der Waals surface area (Å²) in [4.78, 5) is 18.0. The van der Waals surface area contributed by atoms with Crippen molar-refractivity contribution in [2.75, 3.05) is 5.75 Å². The topological polar surface area (TPSA) is 108 Å². The summed E-state index contributed by atoms with van der Waals surface area (Å²) in [6, 6.07) is 11.7. The quantitative estimate of drug-likeness (QED) is 0.481. The van der Waals surface area contributed by atoms with Gasteiger partial charge in [-0.3, -0.25) is 9.89 Å². The molecule has 3 aromatic heterocycles. The van der Waals surface area contributed by atoms with Gasteiger partial charge in [0.05, 0.1) is 5.75 Å². The summed E-state index contributed by atoms with van der Waals surface area (Å²) in [6.45, 7) is 0. The highest BCUT2D eigenvalue weighted by molar-refractivity contribution is 7.99. The van der Waals surface area contributed by atoms with Crippen molar-refractivity contribution in [1.82, 2.24) is 20.2 Å². The Morgan fingerprint density at radius 2 is 2.08 bits per heavy atom. The van der Waals surface area contributed by atoms with Crippen molar-refractivity contribution >= 4 is 28.6 Å². The summed E-state index contributed by atoms with van der Waals surface area (Å²) in [5.41, 5.74) is 2.03. The van der Waals surface area contributed by atoms with E-state index in [1.165, 1.54) is 0 Å². The summed E-state index contributed by atoms with van der Waals surface area (Å²) in [5.74, 6) is 0.746. The van der Waals surface area contributed by atoms with Crippen LogP contribution in [-0.2, 0) is 4.79 Å². The van der Waals surface area contributed by atoms with Crippen molar-refractivity contribution in [1.29, 1.82) is 0 Å². The SMILES string of the molecule is O=C(O)CSc1n[nH]c(-c2ccc(-c3cccc4[nH]ccc34)o2)n1. The predicted octanol–water partition coefficient (Wildman–Crippen LogP) is 3.39. The summed E-state index contributed by atoms with van der Waals surface area (Å²) in [5, 5.41) is 16.9. The standard InChI is InChI=1S/C16H12N4O3S/c21-14(22)8-24-16-18-15(19-20-16)13-5-4-12(23-13)10-2-1-3-11-9(10)6-7-17-11/h1-7,17H,8H2,(H,21,22)(H,18,19,20). The van der Waals surface area contributed by atoms with E-state index in [2.05, 4.69) is 20.2 Å². The molecule has 0 saturated carbocycles. The summed E-state index contributed by atoms with van der Waals surface area (Å²) < 4.78 is 5.90. The molecule has 0 saturated heterocycles. The van der Waals surface area contributed by atoms with E-state index in [0.717, 1.165) is 34.0 Å². The number of hydrogen-bond acceptors (Lipinski definition) is 5. The predicted molar refractivity (Wildman–Crippen MR) is 89.7 cm³/mol. The van der Waals surface area contributed by atoms with Gasteiger partial charge in [-0.25, -0.2) is 0 Å². The number of hydrogen-bond donors (Lipinski definition) is 3. The van der Waals surface area contributed by atoms with Gasteiger partial charge < -0.3 is 14.5 Å². The zero-order valence-corrected chi connectivity index (χ0v) is 13.1. The second-order valence-corrected chi connectivity index (χ2v) is 6.00. The van der Waals surface area contributed by atoms with E-state index in [4.69, 9.17) is 9.52 Å². The Bertz CT molecular complexity index is 1020. The van der Waals surface area contributed by atoms with Crippen LogP contribution in [0.4, 0.5) is 0 Å². The van der Waals surface area contributed by atoms with Crippen molar-refractivity contribution in [3.8, 4) is 22.9 Å². The van der Waals surface area contributed by atoms with Gasteiger partial charge in [0.15, 0.2) is 11.6 Å². The minimum absolute atomic E-state index is 0.0871. The molecule has 0 aliphatic rings. The smallest absolute Gasteiger partial charge is 0.313 e. The van der Waals surface area contributed by atoms with Crippen molar-refractivity contribution < 1.29 is 14.3 Å². The number of aromatic nitrogens is 4. The first-order chi connectivity index (χ1) is 11.7. The maximum Gasteiger partial charge on any atom is 0.313 e. The molecule has 0 fully saturated rings. The number of carboxylic acid groups (broad SMARTS) is 1. The number of furan rings is 1.